The van der Waals surface area contributed by atoms with Crippen molar-refractivity contribution >= 4 is 17.8 Å². The molecular formula is C20H17NO5. The molecule has 1 saturated carbocycles. The highest BCUT2D eigenvalue weighted by Crippen LogP contribution is 2.58. The summed E-state index contributed by atoms with van der Waals surface area (Å²) in [5.74, 6) is 0.254. The lowest BCUT2D eigenvalue weighted by molar-refractivity contribution is -0.136. The Labute approximate surface area is 150 Å². The Morgan fingerprint density at radius 1 is 1.19 bits per heavy atom. The molecule has 2 aromatic rings. The van der Waals surface area contributed by atoms with Crippen LogP contribution in [0.25, 0.3) is 0 Å². The molecule has 0 amide bonds. The molecule has 0 unspecified atom stereocenters. The number of esters is 2. The van der Waals surface area contributed by atoms with Gasteiger partial charge in [-0.3, -0.25) is 4.79 Å². The Kier molecular flexibility index (Phi) is 3.76. The van der Waals surface area contributed by atoms with Crippen LogP contribution < -0.4 is 9.47 Å². The number of hydrogen-bond acceptors (Lipinski definition) is 6. The Balaban J connectivity index is 1.64. The molecule has 26 heavy (non-hydrogen) atoms. The number of carbonyl (C=O) groups excluding carboxylic acids is 2. The zero-order valence-corrected chi connectivity index (χ0v) is 14.4. The van der Waals surface area contributed by atoms with Crippen LogP contribution in [0, 0.1) is 0 Å². The average molecular weight is 351 g/mol. The van der Waals surface area contributed by atoms with Gasteiger partial charge in [0.15, 0.2) is 17.0 Å². The first-order valence-corrected chi connectivity index (χ1v) is 8.27. The minimum absolute atomic E-state index is 0.114. The van der Waals surface area contributed by atoms with Crippen molar-refractivity contribution in [2.75, 3.05) is 7.11 Å². The predicted molar refractivity (Wildman–Crippen MR) is 93.5 cm³/mol. The standard InChI is InChI=1S/C20H17NO5/c1-12(22)25-17-10-14(8-9-16(17)24-2)15-11-20(15)19(23)26-18(21-20)13-6-4-3-5-7-13/h3-10,15H,11H2,1-2H3/t15-,20-/m1/s1. The van der Waals surface area contributed by atoms with E-state index in [2.05, 4.69) is 4.99 Å². The first-order chi connectivity index (χ1) is 12.5. The Morgan fingerprint density at radius 2 is 1.96 bits per heavy atom. The number of carbonyl (C=O) groups is 2. The molecule has 0 saturated heterocycles. The Hall–Kier alpha value is -3.15. The van der Waals surface area contributed by atoms with Gasteiger partial charge in [0, 0.05) is 18.4 Å². The van der Waals surface area contributed by atoms with Crippen LogP contribution in [0.15, 0.2) is 53.5 Å². The summed E-state index contributed by atoms with van der Waals surface area (Å²) in [5, 5.41) is 0. The lowest BCUT2D eigenvalue weighted by Crippen LogP contribution is -2.18. The average Bonchev–Trinajstić information content (AvgIpc) is 3.27. The van der Waals surface area contributed by atoms with Gasteiger partial charge in [0.1, 0.15) is 0 Å². The van der Waals surface area contributed by atoms with Crippen molar-refractivity contribution in [3.63, 3.8) is 0 Å². The fourth-order valence-corrected chi connectivity index (χ4v) is 3.27. The van der Waals surface area contributed by atoms with Crippen LogP contribution in [0.5, 0.6) is 11.5 Å². The predicted octanol–water partition coefficient (Wildman–Crippen LogP) is 2.85. The smallest absolute Gasteiger partial charge is 0.341 e. The third-order valence-corrected chi connectivity index (χ3v) is 4.64. The maximum Gasteiger partial charge on any atom is 0.341 e. The fourth-order valence-electron chi connectivity index (χ4n) is 3.27. The van der Waals surface area contributed by atoms with E-state index in [4.69, 9.17) is 14.2 Å². The molecule has 2 aromatic carbocycles. The second kappa shape index (κ2) is 5.98. The summed E-state index contributed by atoms with van der Waals surface area (Å²) >= 11 is 0. The molecule has 1 aliphatic heterocycles. The molecular weight excluding hydrogens is 334 g/mol. The molecule has 1 spiro atoms. The molecule has 2 aliphatic rings. The number of aliphatic imine (C=N–C) groups is 1. The van der Waals surface area contributed by atoms with Crippen LogP contribution >= 0.6 is 0 Å². The highest BCUT2D eigenvalue weighted by atomic mass is 16.6. The van der Waals surface area contributed by atoms with Gasteiger partial charge in [-0.05, 0) is 36.2 Å². The third-order valence-electron chi connectivity index (χ3n) is 4.64. The summed E-state index contributed by atoms with van der Waals surface area (Å²) in [6.45, 7) is 1.33. The molecule has 2 atom stereocenters. The number of benzene rings is 2. The molecule has 0 radical (unpaired) electrons. The van der Waals surface area contributed by atoms with E-state index in [1.807, 2.05) is 36.4 Å². The fraction of sp³-hybridized carbons (Fsp3) is 0.250. The van der Waals surface area contributed by atoms with E-state index < -0.39 is 11.5 Å². The van der Waals surface area contributed by atoms with Crippen molar-refractivity contribution in [3.05, 3.63) is 59.7 Å². The Bertz CT molecular complexity index is 921. The minimum Gasteiger partial charge on any atom is -0.493 e. The van der Waals surface area contributed by atoms with Gasteiger partial charge in [-0.25, -0.2) is 9.79 Å². The highest BCUT2D eigenvalue weighted by molar-refractivity contribution is 6.10. The van der Waals surface area contributed by atoms with Gasteiger partial charge < -0.3 is 14.2 Å². The molecule has 6 heteroatoms. The van der Waals surface area contributed by atoms with Crippen LogP contribution in [0.1, 0.15) is 30.4 Å². The zero-order valence-electron chi connectivity index (χ0n) is 14.4. The van der Waals surface area contributed by atoms with Crippen molar-refractivity contribution < 1.29 is 23.8 Å². The molecule has 4 rings (SSSR count). The third kappa shape index (κ3) is 2.63. The number of methoxy groups -OCH3 is 1. The summed E-state index contributed by atoms with van der Waals surface area (Å²) in [6, 6.07) is 14.7. The van der Waals surface area contributed by atoms with Gasteiger partial charge in [0.05, 0.1) is 7.11 Å². The van der Waals surface area contributed by atoms with Crippen molar-refractivity contribution in [1.82, 2.24) is 0 Å². The second-order valence-electron chi connectivity index (χ2n) is 6.36. The van der Waals surface area contributed by atoms with E-state index in [0.29, 0.717) is 23.8 Å². The van der Waals surface area contributed by atoms with E-state index in [0.717, 1.165) is 11.1 Å². The largest absolute Gasteiger partial charge is 0.493 e. The van der Waals surface area contributed by atoms with Crippen LogP contribution in [-0.2, 0) is 14.3 Å². The first kappa shape index (κ1) is 16.3. The van der Waals surface area contributed by atoms with E-state index in [-0.39, 0.29) is 11.9 Å². The zero-order chi connectivity index (χ0) is 18.3. The summed E-state index contributed by atoms with van der Waals surface area (Å²) < 4.78 is 15.8. The number of cyclic esters (lactones) is 1. The molecule has 1 heterocycles. The molecule has 1 fully saturated rings. The number of ether oxygens (including phenoxy) is 3. The number of nitrogens with zero attached hydrogens (tertiary/aromatic N) is 1. The summed E-state index contributed by atoms with van der Waals surface area (Å²) in [6.07, 6.45) is 0.563. The molecule has 1 aliphatic carbocycles. The van der Waals surface area contributed by atoms with Gasteiger partial charge in [0.25, 0.3) is 0 Å². The van der Waals surface area contributed by atoms with E-state index in [9.17, 15) is 9.59 Å². The molecule has 6 nitrogen and oxygen atoms in total. The van der Waals surface area contributed by atoms with Crippen molar-refractivity contribution in [2.45, 2.75) is 24.8 Å². The first-order valence-electron chi connectivity index (χ1n) is 8.27. The maximum atomic E-state index is 12.5. The van der Waals surface area contributed by atoms with Gasteiger partial charge in [-0.2, -0.15) is 0 Å². The van der Waals surface area contributed by atoms with Crippen LogP contribution in [0.2, 0.25) is 0 Å². The normalized spacial score (nSPS) is 23.4. The lowest BCUT2D eigenvalue weighted by atomic mass is 10.1. The van der Waals surface area contributed by atoms with E-state index >= 15 is 0 Å². The van der Waals surface area contributed by atoms with Gasteiger partial charge in [-0.1, -0.05) is 24.3 Å². The van der Waals surface area contributed by atoms with Crippen molar-refractivity contribution in [3.8, 4) is 11.5 Å². The van der Waals surface area contributed by atoms with Crippen LogP contribution in [-0.4, -0.2) is 30.5 Å². The number of rotatable bonds is 4. The summed E-state index contributed by atoms with van der Waals surface area (Å²) in [5.41, 5.74) is 0.753. The van der Waals surface area contributed by atoms with Crippen molar-refractivity contribution in [1.29, 1.82) is 0 Å². The number of hydrogen-bond donors (Lipinski definition) is 0. The molecule has 132 valence electrons. The molecule has 0 N–H and O–H groups in total. The van der Waals surface area contributed by atoms with Gasteiger partial charge >= 0.3 is 11.9 Å². The maximum absolute atomic E-state index is 12.5. The second-order valence-corrected chi connectivity index (χ2v) is 6.36. The highest BCUT2D eigenvalue weighted by Gasteiger charge is 2.65. The van der Waals surface area contributed by atoms with E-state index in [1.165, 1.54) is 14.0 Å². The van der Waals surface area contributed by atoms with Crippen LogP contribution in [0.3, 0.4) is 0 Å². The van der Waals surface area contributed by atoms with Crippen LogP contribution in [0.4, 0.5) is 0 Å². The van der Waals surface area contributed by atoms with E-state index in [1.54, 1.807) is 12.1 Å². The minimum atomic E-state index is -0.882. The topological polar surface area (TPSA) is 74.2 Å². The van der Waals surface area contributed by atoms with Gasteiger partial charge in [0.2, 0.25) is 5.90 Å². The summed E-state index contributed by atoms with van der Waals surface area (Å²) in [7, 11) is 1.51. The summed E-state index contributed by atoms with van der Waals surface area (Å²) in [4.78, 5) is 28.4. The van der Waals surface area contributed by atoms with Crippen molar-refractivity contribution in [2.24, 2.45) is 4.99 Å². The SMILES string of the molecule is COc1ccc([C@H]2C[C@@]23N=C(c2ccccc2)OC3=O)cc1OC(C)=O. The monoisotopic (exact) mass is 351 g/mol. The molecule has 0 aromatic heterocycles. The quantitative estimate of drug-likeness (QED) is 0.625. The molecule has 0 bridgehead atoms. The Morgan fingerprint density at radius 3 is 2.65 bits per heavy atom. The van der Waals surface area contributed by atoms with Gasteiger partial charge in [-0.15, -0.1) is 0 Å². The lowest BCUT2D eigenvalue weighted by Gasteiger charge is -2.10.